The normalized spacial score (nSPS) is 11.9. The molecule has 1 N–H and O–H groups in total. The van der Waals surface area contributed by atoms with Gasteiger partial charge in [-0.25, -0.2) is 4.79 Å². The summed E-state index contributed by atoms with van der Waals surface area (Å²) in [4.78, 5) is 11.1. The maximum absolute atomic E-state index is 11.1. The van der Waals surface area contributed by atoms with Crippen LogP contribution >= 0.6 is 0 Å². The first-order valence-corrected chi connectivity index (χ1v) is 8.32. The molecule has 26 heavy (non-hydrogen) atoms. The summed E-state index contributed by atoms with van der Waals surface area (Å²) in [5, 5.41) is 13.9. The Balaban J connectivity index is 1.86. The number of hydrogen-bond donors (Lipinski definition) is 1. The first-order valence-electron chi connectivity index (χ1n) is 8.32. The van der Waals surface area contributed by atoms with Crippen LogP contribution in [0.1, 0.15) is 5.56 Å². The van der Waals surface area contributed by atoms with Crippen LogP contribution in [-0.4, -0.2) is 24.0 Å². The highest BCUT2D eigenvalue weighted by Gasteiger charge is 2.06. The standard InChI is InChI=1S/C22H20O4/c1-3-21(23)25-12-11-15-5-9-19-16(13-15)6-7-17-14-18(8-10-20(17)19)26-22(24)4-2/h3-10,13-14,22,24H,1-2,11-12H2. The molecule has 0 aliphatic heterocycles. The molecule has 4 nitrogen and oxygen atoms in total. The van der Waals surface area contributed by atoms with Gasteiger partial charge in [0.05, 0.1) is 6.61 Å². The lowest BCUT2D eigenvalue weighted by Crippen LogP contribution is -2.10. The molecule has 3 aromatic rings. The Hall–Kier alpha value is -3.11. The summed E-state index contributed by atoms with van der Waals surface area (Å²) in [5.41, 5.74) is 1.10. The van der Waals surface area contributed by atoms with Crippen molar-refractivity contribution in [2.45, 2.75) is 12.7 Å². The third kappa shape index (κ3) is 3.92. The third-order valence-electron chi connectivity index (χ3n) is 4.13. The molecule has 1 unspecified atom stereocenters. The first-order chi connectivity index (χ1) is 12.6. The lowest BCUT2D eigenvalue weighted by Gasteiger charge is -2.11. The van der Waals surface area contributed by atoms with Gasteiger partial charge in [0.1, 0.15) is 5.75 Å². The van der Waals surface area contributed by atoms with Crippen molar-refractivity contribution in [1.82, 2.24) is 0 Å². The topological polar surface area (TPSA) is 55.8 Å². The molecular formula is C22H20O4. The van der Waals surface area contributed by atoms with Gasteiger partial charge >= 0.3 is 5.97 Å². The van der Waals surface area contributed by atoms with Crippen molar-refractivity contribution in [3.63, 3.8) is 0 Å². The zero-order chi connectivity index (χ0) is 18.5. The number of fused-ring (bicyclic) bond motifs is 3. The number of benzene rings is 3. The van der Waals surface area contributed by atoms with E-state index in [1.807, 2.05) is 36.4 Å². The Morgan fingerprint density at radius 2 is 1.73 bits per heavy atom. The van der Waals surface area contributed by atoms with Crippen LogP contribution in [0.3, 0.4) is 0 Å². The molecule has 4 heteroatoms. The van der Waals surface area contributed by atoms with Crippen molar-refractivity contribution in [3.8, 4) is 5.75 Å². The third-order valence-corrected chi connectivity index (χ3v) is 4.13. The number of carbonyl (C=O) groups excluding carboxylic acids is 1. The van der Waals surface area contributed by atoms with E-state index in [9.17, 15) is 9.90 Å². The van der Waals surface area contributed by atoms with Crippen molar-refractivity contribution >= 4 is 27.5 Å². The molecule has 0 bridgehead atoms. The van der Waals surface area contributed by atoms with Gasteiger partial charge in [-0.2, -0.15) is 0 Å². The number of aliphatic hydroxyl groups excluding tert-OH is 1. The molecule has 1 atom stereocenters. The summed E-state index contributed by atoms with van der Waals surface area (Å²) in [6.45, 7) is 7.21. The molecule has 0 aromatic heterocycles. The predicted octanol–water partition coefficient (Wildman–Crippen LogP) is 4.15. The number of esters is 1. The molecule has 0 saturated carbocycles. The van der Waals surface area contributed by atoms with Crippen LogP contribution in [0.15, 0.2) is 73.8 Å². The molecule has 3 rings (SSSR count). The van der Waals surface area contributed by atoms with Crippen molar-refractivity contribution in [3.05, 3.63) is 79.4 Å². The second-order valence-corrected chi connectivity index (χ2v) is 5.87. The molecule has 0 aliphatic carbocycles. The van der Waals surface area contributed by atoms with Gasteiger partial charge in [0.15, 0.2) is 0 Å². The van der Waals surface area contributed by atoms with Gasteiger partial charge in [0, 0.05) is 12.5 Å². The van der Waals surface area contributed by atoms with Gasteiger partial charge < -0.3 is 14.6 Å². The highest BCUT2D eigenvalue weighted by molar-refractivity contribution is 6.07. The number of aliphatic hydroxyl groups is 1. The van der Waals surface area contributed by atoms with Crippen molar-refractivity contribution in [2.75, 3.05) is 6.61 Å². The summed E-state index contributed by atoms with van der Waals surface area (Å²) in [6, 6.07) is 16.0. The van der Waals surface area contributed by atoms with Crippen LogP contribution in [0.4, 0.5) is 0 Å². The highest BCUT2D eigenvalue weighted by atomic mass is 16.6. The van der Waals surface area contributed by atoms with Crippen LogP contribution in [0, 0.1) is 0 Å². The average Bonchev–Trinajstić information content (AvgIpc) is 2.67. The van der Waals surface area contributed by atoms with Crippen molar-refractivity contribution in [1.29, 1.82) is 0 Å². The van der Waals surface area contributed by atoms with E-state index in [-0.39, 0.29) is 0 Å². The van der Waals surface area contributed by atoms with Gasteiger partial charge in [0.25, 0.3) is 0 Å². The Bertz CT molecular complexity index is 974. The summed E-state index contributed by atoms with van der Waals surface area (Å²) < 4.78 is 10.4. The van der Waals surface area contributed by atoms with Crippen LogP contribution in [-0.2, 0) is 16.0 Å². The van der Waals surface area contributed by atoms with E-state index in [1.54, 1.807) is 0 Å². The Kier molecular flexibility index (Phi) is 5.34. The molecule has 0 fully saturated rings. The Morgan fingerprint density at radius 1 is 1.04 bits per heavy atom. The molecule has 0 heterocycles. The zero-order valence-corrected chi connectivity index (χ0v) is 14.4. The van der Waals surface area contributed by atoms with Crippen molar-refractivity contribution < 1.29 is 19.4 Å². The number of hydrogen-bond acceptors (Lipinski definition) is 4. The fourth-order valence-corrected chi connectivity index (χ4v) is 2.84. The summed E-state index contributed by atoms with van der Waals surface area (Å²) >= 11 is 0. The second kappa shape index (κ2) is 7.85. The molecule has 132 valence electrons. The van der Waals surface area contributed by atoms with Crippen LogP contribution in [0.25, 0.3) is 21.5 Å². The van der Waals surface area contributed by atoms with Crippen LogP contribution in [0.5, 0.6) is 5.75 Å². The molecule has 0 amide bonds. The van der Waals surface area contributed by atoms with Crippen LogP contribution in [0.2, 0.25) is 0 Å². The molecule has 3 aromatic carbocycles. The molecule has 0 radical (unpaired) electrons. The Labute approximate surface area is 152 Å². The van der Waals surface area contributed by atoms with E-state index in [4.69, 9.17) is 9.47 Å². The minimum Gasteiger partial charge on any atom is -0.462 e. The largest absolute Gasteiger partial charge is 0.462 e. The van der Waals surface area contributed by atoms with E-state index in [1.165, 1.54) is 12.2 Å². The predicted molar refractivity (Wildman–Crippen MR) is 103 cm³/mol. The number of ether oxygens (including phenoxy) is 2. The SMILES string of the molecule is C=CC(=O)OCCc1ccc2c(ccc3cc(OC(O)C=C)ccc32)c1. The average molecular weight is 348 g/mol. The zero-order valence-electron chi connectivity index (χ0n) is 14.4. The maximum Gasteiger partial charge on any atom is 0.330 e. The molecule has 0 saturated heterocycles. The van der Waals surface area contributed by atoms with Crippen molar-refractivity contribution in [2.24, 2.45) is 0 Å². The highest BCUT2D eigenvalue weighted by Crippen LogP contribution is 2.29. The fraction of sp³-hybridized carbons (Fsp3) is 0.136. The van der Waals surface area contributed by atoms with E-state index in [0.29, 0.717) is 18.8 Å². The Morgan fingerprint density at radius 3 is 2.42 bits per heavy atom. The molecule has 0 aliphatic rings. The lowest BCUT2D eigenvalue weighted by atomic mass is 9.99. The number of carbonyl (C=O) groups is 1. The van der Waals surface area contributed by atoms with Crippen LogP contribution < -0.4 is 4.74 Å². The van der Waals surface area contributed by atoms with E-state index < -0.39 is 12.3 Å². The summed E-state index contributed by atoms with van der Waals surface area (Å²) in [6.07, 6.45) is 2.13. The van der Waals surface area contributed by atoms with Gasteiger partial charge in [-0.05, 0) is 45.3 Å². The maximum atomic E-state index is 11.1. The lowest BCUT2D eigenvalue weighted by molar-refractivity contribution is -0.137. The van der Waals surface area contributed by atoms with E-state index in [2.05, 4.69) is 25.3 Å². The summed E-state index contributed by atoms with van der Waals surface area (Å²) in [7, 11) is 0. The van der Waals surface area contributed by atoms with E-state index in [0.717, 1.165) is 27.1 Å². The quantitative estimate of drug-likeness (QED) is 0.229. The second-order valence-electron chi connectivity index (χ2n) is 5.87. The fourth-order valence-electron chi connectivity index (χ4n) is 2.84. The monoisotopic (exact) mass is 348 g/mol. The minimum atomic E-state index is -1.02. The smallest absolute Gasteiger partial charge is 0.330 e. The van der Waals surface area contributed by atoms with Gasteiger partial charge in [0.2, 0.25) is 6.29 Å². The first kappa shape index (κ1) is 17.7. The molecular weight excluding hydrogens is 328 g/mol. The van der Waals surface area contributed by atoms with E-state index >= 15 is 0 Å². The minimum absolute atomic E-state index is 0.330. The van der Waals surface area contributed by atoms with Gasteiger partial charge in [-0.15, -0.1) is 0 Å². The molecule has 0 spiro atoms. The van der Waals surface area contributed by atoms with Gasteiger partial charge in [-0.1, -0.05) is 49.6 Å². The van der Waals surface area contributed by atoms with Gasteiger partial charge in [-0.3, -0.25) is 0 Å². The number of rotatable bonds is 7. The summed E-state index contributed by atoms with van der Waals surface area (Å²) in [5.74, 6) is 0.182.